The lowest BCUT2D eigenvalue weighted by Gasteiger charge is -2.34. The van der Waals surface area contributed by atoms with Crippen molar-refractivity contribution in [3.8, 4) is 0 Å². The topological polar surface area (TPSA) is 39.1 Å². The first-order chi connectivity index (χ1) is 7.72. The van der Waals surface area contributed by atoms with Crippen LogP contribution in [-0.4, -0.2) is 28.5 Å². The van der Waals surface area contributed by atoms with Gasteiger partial charge in [0.2, 0.25) is 0 Å². The number of ether oxygens (including phenoxy) is 1. The summed E-state index contributed by atoms with van der Waals surface area (Å²) < 4.78 is 7.09. The molecule has 1 aromatic rings. The van der Waals surface area contributed by atoms with E-state index in [-0.39, 0.29) is 5.54 Å². The van der Waals surface area contributed by atoms with Crippen LogP contribution in [0.3, 0.4) is 0 Å². The van der Waals surface area contributed by atoms with E-state index in [1.807, 2.05) is 12.4 Å². The van der Waals surface area contributed by atoms with E-state index in [1.54, 1.807) is 10.9 Å². The predicted molar refractivity (Wildman–Crippen MR) is 63.9 cm³/mol. The van der Waals surface area contributed by atoms with Gasteiger partial charge < -0.3 is 10.1 Å². The molecule has 0 aliphatic carbocycles. The summed E-state index contributed by atoms with van der Waals surface area (Å²) in [5.41, 5.74) is 1.39. The maximum Gasteiger partial charge on any atom is 0.0538 e. The van der Waals surface area contributed by atoms with Crippen LogP contribution in [0.5, 0.6) is 0 Å². The largest absolute Gasteiger partial charge is 0.381 e. The van der Waals surface area contributed by atoms with E-state index in [9.17, 15) is 0 Å². The molecule has 0 spiro atoms. The number of hydrogen-bond acceptors (Lipinski definition) is 3. The van der Waals surface area contributed by atoms with Gasteiger partial charge in [-0.25, -0.2) is 4.68 Å². The van der Waals surface area contributed by atoms with Gasteiger partial charge in [-0.05, 0) is 19.8 Å². The summed E-state index contributed by atoms with van der Waals surface area (Å²) in [5.74, 6) is 0. The fourth-order valence-electron chi connectivity index (χ4n) is 1.88. The average Bonchev–Trinajstić information content (AvgIpc) is 2.75. The van der Waals surface area contributed by atoms with Crippen LogP contribution in [0.15, 0.2) is 19.0 Å². The Morgan fingerprint density at radius 1 is 1.62 bits per heavy atom. The van der Waals surface area contributed by atoms with Crippen molar-refractivity contribution >= 4 is 6.20 Å². The molecule has 0 unspecified atom stereocenters. The highest BCUT2D eigenvalue weighted by Crippen LogP contribution is 2.20. The average molecular weight is 221 g/mol. The van der Waals surface area contributed by atoms with Crippen molar-refractivity contribution in [3.63, 3.8) is 0 Å². The van der Waals surface area contributed by atoms with Gasteiger partial charge >= 0.3 is 0 Å². The Balaban J connectivity index is 1.88. The molecule has 4 nitrogen and oxygen atoms in total. The van der Waals surface area contributed by atoms with Crippen LogP contribution in [0.4, 0.5) is 0 Å². The molecule has 2 rings (SSSR count). The number of rotatable bonds is 4. The summed E-state index contributed by atoms with van der Waals surface area (Å²) in [4.78, 5) is 0. The smallest absolute Gasteiger partial charge is 0.0538 e. The molecule has 0 aromatic carbocycles. The summed E-state index contributed by atoms with van der Waals surface area (Å²) in [6, 6.07) is 0. The highest BCUT2D eigenvalue weighted by molar-refractivity contribution is 5.17. The molecule has 4 heteroatoms. The lowest BCUT2D eigenvalue weighted by molar-refractivity contribution is 0.0446. The molecule has 2 heterocycles. The minimum atomic E-state index is 0.203. The number of aromatic nitrogens is 2. The van der Waals surface area contributed by atoms with Gasteiger partial charge in [0, 0.05) is 43.3 Å². The van der Waals surface area contributed by atoms with Crippen LogP contribution in [0, 0.1) is 0 Å². The molecule has 1 aliphatic heterocycles. The van der Waals surface area contributed by atoms with Crippen molar-refractivity contribution in [1.29, 1.82) is 0 Å². The maximum absolute atomic E-state index is 5.37. The summed E-state index contributed by atoms with van der Waals surface area (Å²) >= 11 is 0. The van der Waals surface area contributed by atoms with Gasteiger partial charge in [-0.1, -0.05) is 6.58 Å². The van der Waals surface area contributed by atoms with E-state index in [1.165, 1.54) is 5.56 Å². The van der Waals surface area contributed by atoms with Crippen LogP contribution in [0.25, 0.3) is 6.20 Å². The lowest BCUT2D eigenvalue weighted by atomic mass is 9.92. The summed E-state index contributed by atoms with van der Waals surface area (Å²) in [6.45, 7) is 8.49. The van der Waals surface area contributed by atoms with E-state index >= 15 is 0 Å². The molecule has 1 saturated heterocycles. The van der Waals surface area contributed by atoms with Crippen molar-refractivity contribution in [3.05, 3.63) is 24.5 Å². The second kappa shape index (κ2) is 4.80. The number of hydrogen-bond donors (Lipinski definition) is 1. The molecule has 1 fully saturated rings. The van der Waals surface area contributed by atoms with Gasteiger partial charge in [0.1, 0.15) is 0 Å². The zero-order valence-electron chi connectivity index (χ0n) is 9.78. The Bertz CT molecular complexity index is 353. The second-order valence-electron chi connectivity index (χ2n) is 4.54. The molecule has 0 saturated carbocycles. The SMILES string of the molecule is C=Cn1cc(CNC2(C)CCOCC2)cn1. The molecule has 1 aliphatic rings. The molecule has 0 bridgehead atoms. The fourth-order valence-corrected chi connectivity index (χ4v) is 1.88. The molecule has 0 amide bonds. The minimum Gasteiger partial charge on any atom is -0.381 e. The monoisotopic (exact) mass is 221 g/mol. The molecule has 0 atom stereocenters. The zero-order chi connectivity index (χ0) is 11.4. The maximum atomic E-state index is 5.37. The van der Waals surface area contributed by atoms with E-state index in [4.69, 9.17) is 4.74 Å². The van der Waals surface area contributed by atoms with Crippen LogP contribution in [0.2, 0.25) is 0 Å². The number of nitrogens with zero attached hydrogens (tertiary/aromatic N) is 2. The Morgan fingerprint density at radius 2 is 2.38 bits per heavy atom. The van der Waals surface area contributed by atoms with Crippen molar-refractivity contribution in [2.45, 2.75) is 31.8 Å². The van der Waals surface area contributed by atoms with E-state index in [0.717, 1.165) is 32.6 Å². The summed E-state index contributed by atoms with van der Waals surface area (Å²) in [7, 11) is 0. The van der Waals surface area contributed by atoms with Crippen molar-refractivity contribution in [2.75, 3.05) is 13.2 Å². The van der Waals surface area contributed by atoms with Crippen molar-refractivity contribution in [1.82, 2.24) is 15.1 Å². The third-order valence-corrected chi connectivity index (χ3v) is 3.16. The van der Waals surface area contributed by atoms with E-state index in [0.29, 0.717) is 0 Å². The van der Waals surface area contributed by atoms with Crippen LogP contribution in [-0.2, 0) is 11.3 Å². The lowest BCUT2D eigenvalue weighted by Crippen LogP contribution is -2.46. The van der Waals surface area contributed by atoms with Crippen LogP contribution >= 0.6 is 0 Å². The molecule has 88 valence electrons. The van der Waals surface area contributed by atoms with Gasteiger partial charge in [0.05, 0.1) is 6.20 Å². The third-order valence-electron chi connectivity index (χ3n) is 3.16. The summed E-state index contributed by atoms with van der Waals surface area (Å²) in [6.07, 6.45) is 7.70. The van der Waals surface area contributed by atoms with Crippen LogP contribution in [0.1, 0.15) is 25.3 Å². The molecular weight excluding hydrogens is 202 g/mol. The highest BCUT2D eigenvalue weighted by Gasteiger charge is 2.26. The Hall–Kier alpha value is -1.13. The Morgan fingerprint density at radius 3 is 3.00 bits per heavy atom. The fraction of sp³-hybridized carbons (Fsp3) is 0.583. The van der Waals surface area contributed by atoms with E-state index < -0.39 is 0 Å². The van der Waals surface area contributed by atoms with Gasteiger partial charge in [-0.2, -0.15) is 5.10 Å². The highest BCUT2D eigenvalue weighted by atomic mass is 16.5. The van der Waals surface area contributed by atoms with Crippen molar-refractivity contribution in [2.24, 2.45) is 0 Å². The standard InChI is InChI=1S/C12H19N3O/c1-3-15-10-11(9-14-15)8-13-12(2)4-6-16-7-5-12/h3,9-10,13H,1,4-8H2,2H3. The van der Waals surface area contributed by atoms with Crippen molar-refractivity contribution < 1.29 is 4.74 Å². The molecule has 0 radical (unpaired) electrons. The van der Waals surface area contributed by atoms with Gasteiger partial charge in [0.15, 0.2) is 0 Å². The van der Waals surface area contributed by atoms with E-state index in [2.05, 4.69) is 23.9 Å². The zero-order valence-corrected chi connectivity index (χ0v) is 9.78. The molecular formula is C12H19N3O. The Kier molecular flexibility index (Phi) is 3.41. The molecule has 1 aromatic heterocycles. The second-order valence-corrected chi connectivity index (χ2v) is 4.54. The number of nitrogens with one attached hydrogen (secondary N) is 1. The minimum absolute atomic E-state index is 0.203. The molecule has 1 N–H and O–H groups in total. The summed E-state index contributed by atoms with van der Waals surface area (Å²) in [5, 5.41) is 7.74. The normalized spacial score (nSPS) is 19.6. The quantitative estimate of drug-likeness (QED) is 0.840. The van der Waals surface area contributed by atoms with Gasteiger partial charge in [-0.3, -0.25) is 0 Å². The first-order valence-electron chi connectivity index (χ1n) is 5.70. The van der Waals surface area contributed by atoms with Gasteiger partial charge in [-0.15, -0.1) is 0 Å². The van der Waals surface area contributed by atoms with Gasteiger partial charge in [0.25, 0.3) is 0 Å². The Labute approximate surface area is 96.3 Å². The first kappa shape index (κ1) is 11.4. The molecule has 16 heavy (non-hydrogen) atoms. The predicted octanol–water partition coefficient (Wildman–Crippen LogP) is 1.64. The third kappa shape index (κ3) is 2.71. The first-order valence-corrected chi connectivity index (χ1v) is 5.70. The van der Waals surface area contributed by atoms with Crippen LogP contribution < -0.4 is 5.32 Å².